The normalized spacial score (nSPS) is 10.6. The maximum absolute atomic E-state index is 14.3. The number of aryl methyl sites for hydroxylation is 1. The van der Waals surface area contributed by atoms with Crippen LogP contribution in [0.15, 0.2) is 48.7 Å². The molecule has 0 fully saturated rings. The van der Waals surface area contributed by atoms with Gasteiger partial charge in [0, 0.05) is 17.1 Å². The van der Waals surface area contributed by atoms with Crippen LogP contribution in [-0.4, -0.2) is 28.3 Å². The highest BCUT2D eigenvalue weighted by Crippen LogP contribution is 2.19. The Bertz CT molecular complexity index is 1050. The van der Waals surface area contributed by atoms with Crippen LogP contribution in [-0.2, 0) is 11.3 Å². The number of benzene rings is 2. The minimum Gasteiger partial charge on any atom is -0.462 e. The summed E-state index contributed by atoms with van der Waals surface area (Å²) in [5, 5.41) is 7.08. The predicted octanol–water partition coefficient (Wildman–Crippen LogP) is 3.31. The second-order valence-electron chi connectivity index (χ2n) is 6.40. The van der Waals surface area contributed by atoms with Crippen molar-refractivity contribution in [3.8, 4) is 0 Å². The van der Waals surface area contributed by atoms with Crippen LogP contribution in [0.4, 0.5) is 10.1 Å². The van der Waals surface area contributed by atoms with Crippen molar-refractivity contribution in [3.63, 3.8) is 0 Å². The molecular formula is C21H21FN3O3P. The second-order valence-corrected chi connectivity index (χ2v) is 6.98. The van der Waals surface area contributed by atoms with E-state index in [-0.39, 0.29) is 28.9 Å². The molecule has 0 saturated carbocycles. The van der Waals surface area contributed by atoms with Crippen molar-refractivity contribution < 1.29 is 18.7 Å². The first kappa shape index (κ1) is 20.7. The van der Waals surface area contributed by atoms with Crippen molar-refractivity contribution >= 4 is 32.1 Å². The number of carbonyl (C=O) groups is 2. The van der Waals surface area contributed by atoms with E-state index in [1.165, 1.54) is 6.07 Å². The number of aromatic nitrogens is 2. The molecule has 0 bridgehead atoms. The smallest absolute Gasteiger partial charge is 0.338 e. The van der Waals surface area contributed by atoms with Crippen molar-refractivity contribution in [2.75, 3.05) is 11.9 Å². The summed E-state index contributed by atoms with van der Waals surface area (Å²) >= 11 is 0. The minimum atomic E-state index is -0.655. The Morgan fingerprint density at radius 3 is 2.62 bits per heavy atom. The van der Waals surface area contributed by atoms with Gasteiger partial charge in [-0.25, -0.2) is 9.18 Å². The molecule has 1 N–H and O–H groups in total. The van der Waals surface area contributed by atoms with Crippen molar-refractivity contribution in [3.05, 3.63) is 76.9 Å². The van der Waals surface area contributed by atoms with Gasteiger partial charge in [-0.3, -0.25) is 9.48 Å². The molecule has 3 aromatic rings. The van der Waals surface area contributed by atoms with E-state index in [9.17, 15) is 14.0 Å². The summed E-state index contributed by atoms with van der Waals surface area (Å²) in [4.78, 5) is 24.8. The first-order valence-corrected chi connectivity index (χ1v) is 9.62. The first-order valence-electron chi connectivity index (χ1n) is 9.05. The van der Waals surface area contributed by atoms with E-state index >= 15 is 0 Å². The molecule has 1 heterocycles. The molecule has 3 rings (SSSR count). The lowest BCUT2D eigenvalue weighted by Crippen LogP contribution is -2.22. The highest BCUT2D eigenvalue weighted by molar-refractivity contribution is 7.28. The minimum absolute atomic E-state index is 0.0948. The molecule has 0 radical (unpaired) electrons. The molecule has 0 spiro atoms. The predicted molar refractivity (Wildman–Crippen MR) is 112 cm³/mol. The molecule has 0 aliphatic heterocycles. The highest BCUT2D eigenvalue weighted by atomic mass is 31.0. The summed E-state index contributed by atoms with van der Waals surface area (Å²) in [6.45, 7) is 4.15. The number of hydrogen-bond donors (Lipinski definition) is 1. The van der Waals surface area contributed by atoms with Gasteiger partial charge in [-0.15, -0.1) is 9.24 Å². The molecule has 29 heavy (non-hydrogen) atoms. The van der Waals surface area contributed by atoms with Crippen LogP contribution in [0, 0.1) is 12.7 Å². The Balaban J connectivity index is 1.84. The molecule has 1 unspecified atom stereocenters. The van der Waals surface area contributed by atoms with Gasteiger partial charge in [0.25, 0.3) is 5.91 Å². The van der Waals surface area contributed by atoms with E-state index in [4.69, 9.17) is 4.74 Å². The van der Waals surface area contributed by atoms with Gasteiger partial charge in [-0.2, -0.15) is 5.10 Å². The largest absolute Gasteiger partial charge is 0.462 e. The first-order chi connectivity index (χ1) is 13.9. The lowest BCUT2D eigenvalue weighted by molar-refractivity contribution is 0.0528. The Hall–Kier alpha value is -3.05. The van der Waals surface area contributed by atoms with Gasteiger partial charge < -0.3 is 10.1 Å². The SMILES string of the molecule is CCOC(=O)c1ccc(F)c(NC(=O)c2nn(Cc3ccccc3)cc2C)c1P. The van der Waals surface area contributed by atoms with E-state index in [1.807, 2.05) is 30.3 Å². The third-order valence-corrected chi connectivity index (χ3v) is 4.88. The fourth-order valence-electron chi connectivity index (χ4n) is 2.88. The average Bonchev–Trinajstić information content (AvgIpc) is 3.06. The molecule has 0 aliphatic carbocycles. The number of ether oxygens (including phenoxy) is 1. The van der Waals surface area contributed by atoms with E-state index in [2.05, 4.69) is 19.7 Å². The Morgan fingerprint density at radius 2 is 1.93 bits per heavy atom. The molecule has 8 heteroatoms. The average molecular weight is 413 g/mol. The molecular weight excluding hydrogens is 392 g/mol. The number of esters is 1. The number of nitrogens with one attached hydrogen (secondary N) is 1. The van der Waals surface area contributed by atoms with Gasteiger partial charge in [-0.1, -0.05) is 30.3 Å². The van der Waals surface area contributed by atoms with Crippen molar-refractivity contribution in [2.45, 2.75) is 20.4 Å². The van der Waals surface area contributed by atoms with Crippen LogP contribution < -0.4 is 10.6 Å². The van der Waals surface area contributed by atoms with Crippen LogP contribution in [0.5, 0.6) is 0 Å². The van der Waals surface area contributed by atoms with Gasteiger partial charge >= 0.3 is 5.97 Å². The quantitative estimate of drug-likeness (QED) is 0.497. The zero-order valence-electron chi connectivity index (χ0n) is 16.1. The molecule has 1 amide bonds. The number of anilines is 1. The van der Waals surface area contributed by atoms with Gasteiger partial charge in [0.1, 0.15) is 5.82 Å². The fourth-order valence-corrected chi connectivity index (χ4v) is 3.30. The van der Waals surface area contributed by atoms with E-state index in [1.54, 1.807) is 24.7 Å². The van der Waals surface area contributed by atoms with Crippen molar-refractivity contribution in [2.24, 2.45) is 0 Å². The zero-order chi connectivity index (χ0) is 21.0. The molecule has 2 aromatic carbocycles. The summed E-state index contributed by atoms with van der Waals surface area (Å²) < 4.78 is 21.0. The summed E-state index contributed by atoms with van der Waals surface area (Å²) in [7, 11) is 2.29. The maximum Gasteiger partial charge on any atom is 0.338 e. The number of nitrogens with zero attached hydrogens (tertiary/aromatic N) is 2. The monoisotopic (exact) mass is 413 g/mol. The third kappa shape index (κ3) is 4.69. The lowest BCUT2D eigenvalue weighted by atomic mass is 10.1. The van der Waals surface area contributed by atoms with Crippen LogP contribution in [0.1, 0.15) is 38.9 Å². The van der Waals surface area contributed by atoms with E-state index in [0.29, 0.717) is 12.1 Å². The number of carbonyl (C=O) groups excluding carboxylic acids is 2. The van der Waals surface area contributed by atoms with E-state index in [0.717, 1.165) is 11.6 Å². The van der Waals surface area contributed by atoms with Crippen molar-refractivity contribution in [1.82, 2.24) is 9.78 Å². The number of hydrogen-bond acceptors (Lipinski definition) is 4. The Kier molecular flexibility index (Phi) is 6.39. The zero-order valence-corrected chi connectivity index (χ0v) is 17.3. The molecule has 150 valence electrons. The summed E-state index contributed by atoms with van der Waals surface area (Å²) in [5.41, 5.74) is 1.96. The third-order valence-electron chi connectivity index (χ3n) is 4.28. The van der Waals surface area contributed by atoms with Gasteiger partial charge in [-0.05, 0) is 31.5 Å². The number of rotatable bonds is 6. The van der Waals surface area contributed by atoms with Gasteiger partial charge in [0.2, 0.25) is 0 Å². The van der Waals surface area contributed by atoms with Crippen LogP contribution in [0.25, 0.3) is 0 Å². The van der Waals surface area contributed by atoms with Crippen LogP contribution >= 0.6 is 9.24 Å². The van der Waals surface area contributed by atoms with Crippen LogP contribution in [0.2, 0.25) is 0 Å². The van der Waals surface area contributed by atoms with Gasteiger partial charge in [0.15, 0.2) is 5.69 Å². The molecule has 6 nitrogen and oxygen atoms in total. The van der Waals surface area contributed by atoms with E-state index < -0.39 is 17.7 Å². The summed E-state index contributed by atoms with van der Waals surface area (Å²) in [5.74, 6) is -1.80. The topological polar surface area (TPSA) is 73.2 Å². The maximum atomic E-state index is 14.3. The Morgan fingerprint density at radius 1 is 1.21 bits per heavy atom. The molecule has 1 aromatic heterocycles. The number of halogens is 1. The molecule has 1 atom stereocenters. The summed E-state index contributed by atoms with van der Waals surface area (Å²) in [6, 6.07) is 12.2. The number of amides is 1. The molecule has 0 aliphatic rings. The van der Waals surface area contributed by atoms with Crippen molar-refractivity contribution in [1.29, 1.82) is 0 Å². The fraction of sp³-hybridized carbons (Fsp3) is 0.190. The standard InChI is InChI=1S/C21H21FN3O3P/c1-3-28-21(27)15-9-10-16(22)18(19(15)29)23-20(26)17-13(2)11-25(24-17)12-14-7-5-4-6-8-14/h4-11H,3,12,29H2,1-2H3,(H,23,26). The lowest BCUT2D eigenvalue weighted by Gasteiger charge is -2.12. The Labute approximate surface area is 170 Å². The second kappa shape index (κ2) is 8.97. The summed E-state index contributed by atoms with van der Waals surface area (Å²) in [6.07, 6.45) is 1.76. The highest BCUT2D eigenvalue weighted by Gasteiger charge is 2.21. The molecule has 0 saturated heterocycles. The van der Waals surface area contributed by atoms with Gasteiger partial charge in [0.05, 0.1) is 24.4 Å². The van der Waals surface area contributed by atoms with Crippen LogP contribution in [0.3, 0.4) is 0 Å².